The summed E-state index contributed by atoms with van der Waals surface area (Å²) in [5.74, 6) is 0.723. The molecule has 1 unspecified atom stereocenters. The van der Waals surface area contributed by atoms with Gasteiger partial charge in [-0.3, -0.25) is 4.98 Å². The van der Waals surface area contributed by atoms with Crippen LogP contribution >= 0.6 is 0 Å². The summed E-state index contributed by atoms with van der Waals surface area (Å²) in [7, 11) is 0. The van der Waals surface area contributed by atoms with Gasteiger partial charge in [-0.1, -0.05) is 31.2 Å². The second kappa shape index (κ2) is 6.82. The van der Waals surface area contributed by atoms with Crippen LogP contribution in [0.4, 0.5) is 0 Å². The first kappa shape index (κ1) is 14.9. The summed E-state index contributed by atoms with van der Waals surface area (Å²) in [6, 6.07) is 11.5. The predicted octanol–water partition coefficient (Wildman–Crippen LogP) is 3.05. The van der Waals surface area contributed by atoms with Gasteiger partial charge in [-0.05, 0) is 25.5 Å². The number of fused-ring (bicyclic) bond motifs is 1. The molecule has 0 saturated heterocycles. The lowest BCUT2D eigenvalue weighted by Crippen LogP contribution is -2.16. The van der Waals surface area contributed by atoms with Crippen LogP contribution < -0.4 is 0 Å². The van der Waals surface area contributed by atoms with Crippen LogP contribution in [0.2, 0.25) is 0 Å². The van der Waals surface area contributed by atoms with Gasteiger partial charge in [0.1, 0.15) is 11.5 Å². The van der Waals surface area contributed by atoms with Crippen molar-refractivity contribution in [2.24, 2.45) is 0 Å². The molecule has 1 heterocycles. The maximum Gasteiger partial charge on any atom is 0.345 e. The van der Waals surface area contributed by atoms with E-state index in [9.17, 15) is 9.59 Å². The molecule has 1 aromatic carbocycles. The number of hydrogen-bond acceptors (Lipinski definition) is 4. The molecule has 0 N–H and O–H groups in total. The van der Waals surface area contributed by atoms with Gasteiger partial charge < -0.3 is 4.74 Å². The summed E-state index contributed by atoms with van der Waals surface area (Å²) in [5, 5.41) is 1.02. The molecule has 1 aromatic heterocycles. The number of para-hydroxylation sites is 1. The van der Waals surface area contributed by atoms with Crippen molar-refractivity contribution in [2.45, 2.75) is 26.2 Å². The highest BCUT2D eigenvalue weighted by Crippen LogP contribution is 2.27. The van der Waals surface area contributed by atoms with Crippen molar-refractivity contribution in [2.75, 3.05) is 6.61 Å². The van der Waals surface area contributed by atoms with E-state index in [2.05, 4.69) is 4.98 Å². The molecule has 0 fully saturated rings. The molecular weight excluding hydrogens is 266 g/mol. The molecular formula is C17H17NO3. The lowest BCUT2D eigenvalue weighted by molar-refractivity contribution is -0.138. The second-order valence-electron chi connectivity index (χ2n) is 4.63. The van der Waals surface area contributed by atoms with Crippen molar-refractivity contribution < 1.29 is 14.3 Å². The highest BCUT2D eigenvalue weighted by molar-refractivity contribution is 5.98. The Morgan fingerprint density at radius 1 is 1.24 bits per heavy atom. The highest BCUT2D eigenvalue weighted by Gasteiger charge is 2.25. The third kappa shape index (κ3) is 3.18. The Bertz CT molecular complexity index is 702. The fraction of sp³-hybridized carbons (Fsp3) is 0.294. The molecule has 108 valence electrons. The molecule has 0 aliphatic heterocycles. The van der Waals surface area contributed by atoms with E-state index in [4.69, 9.17) is 4.74 Å². The number of carbonyl (C=O) groups excluding carboxylic acids is 2. The van der Waals surface area contributed by atoms with Gasteiger partial charge in [-0.2, -0.15) is 0 Å². The molecule has 2 rings (SSSR count). The highest BCUT2D eigenvalue weighted by atomic mass is 16.5. The van der Waals surface area contributed by atoms with E-state index in [1.54, 1.807) is 12.9 Å². The third-order valence-electron chi connectivity index (χ3n) is 3.34. The summed E-state index contributed by atoms with van der Waals surface area (Å²) in [6.45, 7) is 3.83. The summed E-state index contributed by atoms with van der Waals surface area (Å²) in [4.78, 5) is 27.6. The van der Waals surface area contributed by atoms with Gasteiger partial charge in [0.15, 0.2) is 0 Å². The number of rotatable bonds is 5. The fourth-order valence-electron chi connectivity index (χ4n) is 2.30. The first-order valence-corrected chi connectivity index (χ1v) is 6.99. The first-order chi connectivity index (χ1) is 10.2. The van der Waals surface area contributed by atoms with Crippen molar-refractivity contribution in [3.63, 3.8) is 0 Å². The van der Waals surface area contributed by atoms with Crippen LogP contribution in [-0.4, -0.2) is 23.5 Å². The minimum atomic E-state index is -0.616. The SMILES string of the molecule is CCOC(=O)C(=C=O)C(CC)c1ccc2ccccc2n1. The predicted molar refractivity (Wildman–Crippen MR) is 80.6 cm³/mol. The van der Waals surface area contributed by atoms with Gasteiger partial charge >= 0.3 is 5.97 Å². The monoisotopic (exact) mass is 283 g/mol. The van der Waals surface area contributed by atoms with Crippen molar-refractivity contribution >= 4 is 22.8 Å². The second-order valence-corrected chi connectivity index (χ2v) is 4.63. The Morgan fingerprint density at radius 2 is 2.00 bits per heavy atom. The Balaban J connectivity index is 2.43. The Hall–Kier alpha value is -2.45. The summed E-state index contributed by atoms with van der Waals surface area (Å²) < 4.78 is 4.92. The minimum Gasteiger partial charge on any atom is -0.462 e. The average Bonchev–Trinajstić information content (AvgIpc) is 2.52. The molecule has 4 nitrogen and oxygen atoms in total. The standard InChI is InChI=1S/C17H17NO3/c1-3-13(14(11-19)17(20)21-4-2)16-10-9-12-7-5-6-8-15(12)18-16/h5-10,13H,3-4H2,1-2H3. The van der Waals surface area contributed by atoms with E-state index in [-0.39, 0.29) is 12.2 Å². The third-order valence-corrected chi connectivity index (χ3v) is 3.34. The van der Waals surface area contributed by atoms with Crippen molar-refractivity contribution in [1.82, 2.24) is 4.98 Å². The van der Waals surface area contributed by atoms with Gasteiger partial charge in [-0.25, -0.2) is 9.59 Å². The quantitative estimate of drug-likeness (QED) is 0.481. The van der Waals surface area contributed by atoms with Crippen molar-refractivity contribution in [1.29, 1.82) is 0 Å². The molecule has 0 amide bonds. The molecule has 21 heavy (non-hydrogen) atoms. The van der Waals surface area contributed by atoms with Crippen LogP contribution in [0.25, 0.3) is 10.9 Å². The van der Waals surface area contributed by atoms with E-state index in [1.807, 2.05) is 43.3 Å². The molecule has 0 spiro atoms. The number of benzene rings is 1. The Labute approximate surface area is 123 Å². The summed E-state index contributed by atoms with van der Waals surface area (Å²) >= 11 is 0. The van der Waals surface area contributed by atoms with Gasteiger partial charge in [0.05, 0.1) is 12.1 Å². The molecule has 0 radical (unpaired) electrons. The lowest BCUT2D eigenvalue weighted by atomic mass is 9.93. The number of hydrogen-bond donors (Lipinski definition) is 0. The average molecular weight is 283 g/mol. The maximum atomic E-state index is 11.9. The summed E-state index contributed by atoms with van der Waals surface area (Å²) in [5.41, 5.74) is 1.52. The fourth-order valence-corrected chi connectivity index (χ4v) is 2.30. The first-order valence-electron chi connectivity index (χ1n) is 6.99. The van der Waals surface area contributed by atoms with E-state index in [0.29, 0.717) is 12.1 Å². The molecule has 4 heteroatoms. The van der Waals surface area contributed by atoms with Crippen LogP contribution in [-0.2, 0) is 14.3 Å². The zero-order valence-electron chi connectivity index (χ0n) is 12.1. The zero-order chi connectivity index (χ0) is 15.2. The smallest absolute Gasteiger partial charge is 0.345 e. The molecule has 1 atom stereocenters. The van der Waals surface area contributed by atoms with Crippen LogP contribution in [0.1, 0.15) is 31.9 Å². The number of pyridine rings is 1. The van der Waals surface area contributed by atoms with Gasteiger partial charge in [-0.15, -0.1) is 0 Å². The normalized spacial score (nSPS) is 11.7. The number of carbonyl (C=O) groups is 1. The number of esters is 1. The Kier molecular flexibility index (Phi) is 4.85. The van der Waals surface area contributed by atoms with E-state index >= 15 is 0 Å². The van der Waals surface area contributed by atoms with Crippen LogP contribution in [0.3, 0.4) is 0 Å². The lowest BCUT2D eigenvalue weighted by Gasteiger charge is -2.15. The van der Waals surface area contributed by atoms with E-state index in [1.165, 1.54) is 0 Å². The molecule has 0 aliphatic carbocycles. The Morgan fingerprint density at radius 3 is 2.67 bits per heavy atom. The van der Waals surface area contributed by atoms with E-state index < -0.39 is 11.9 Å². The number of ether oxygens (including phenoxy) is 1. The molecule has 0 saturated carbocycles. The van der Waals surface area contributed by atoms with Gasteiger partial charge in [0.25, 0.3) is 0 Å². The number of nitrogens with zero attached hydrogens (tertiary/aromatic N) is 1. The number of aromatic nitrogens is 1. The molecule has 0 aliphatic rings. The van der Waals surface area contributed by atoms with Gasteiger partial charge in [0, 0.05) is 17.0 Å². The zero-order valence-corrected chi connectivity index (χ0v) is 12.1. The van der Waals surface area contributed by atoms with E-state index in [0.717, 1.165) is 10.9 Å². The van der Waals surface area contributed by atoms with Crippen molar-refractivity contribution in [3.8, 4) is 0 Å². The van der Waals surface area contributed by atoms with Crippen molar-refractivity contribution in [3.05, 3.63) is 47.7 Å². The molecule has 0 bridgehead atoms. The van der Waals surface area contributed by atoms with Crippen LogP contribution in [0.5, 0.6) is 0 Å². The van der Waals surface area contributed by atoms with Gasteiger partial charge in [0.2, 0.25) is 0 Å². The molecule has 2 aromatic rings. The van der Waals surface area contributed by atoms with Crippen LogP contribution in [0.15, 0.2) is 42.0 Å². The maximum absolute atomic E-state index is 11.9. The minimum absolute atomic E-state index is 0.00197. The van der Waals surface area contributed by atoms with Crippen LogP contribution in [0, 0.1) is 0 Å². The summed E-state index contributed by atoms with van der Waals surface area (Å²) in [6.07, 6.45) is 0.578. The largest absolute Gasteiger partial charge is 0.462 e. The topological polar surface area (TPSA) is 56.3 Å².